The first-order valence-corrected chi connectivity index (χ1v) is 11.9. The minimum Gasteiger partial charge on any atom is -0.465 e. The number of ether oxygens (including phenoxy) is 1. The molecule has 1 aliphatic rings. The van der Waals surface area contributed by atoms with E-state index in [1.54, 1.807) is 24.4 Å². The maximum Gasteiger partial charge on any atom is 0.337 e. The number of anilines is 1. The van der Waals surface area contributed by atoms with Gasteiger partial charge in [-0.1, -0.05) is 12.1 Å². The van der Waals surface area contributed by atoms with Crippen molar-refractivity contribution in [2.24, 2.45) is 0 Å². The van der Waals surface area contributed by atoms with Crippen LogP contribution in [0.15, 0.2) is 79.0 Å². The van der Waals surface area contributed by atoms with Crippen molar-refractivity contribution in [3.8, 4) is 5.69 Å². The van der Waals surface area contributed by atoms with Gasteiger partial charge in [0.25, 0.3) is 0 Å². The van der Waals surface area contributed by atoms with Gasteiger partial charge >= 0.3 is 5.97 Å². The zero-order valence-electron chi connectivity index (χ0n) is 20.1. The van der Waals surface area contributed by atoms with Crippen molar-refractivity contribution < 1.29 is 13.9 Å². The molecule has 1 saturated heterocycles. The second kappa shape index (κ2) is 9.54. The minimum atomic E-state index is -0.387. The predicted octanol–water partition coefficient (Wildman–Crippen LogP) is 5.59. The zero-order chi connectivity index (χ0) is 25.4. The summed E-state index contributed by atoms with van der Waals surface area (Å²) < 4.78 is 20.8. The molecular formula is C28H25FN4O2S. The molecule has 2 unspecified atom stereocenters. The van der Waals surface area contributed by atoms with Crippen LogP contribution in [0.4, 0.5) is 10.1 Å². The van der Waals surface area contributed by atoms with Crippen LogP contribution in [-0.2, 0) is 4.74 Å². The monoisotopic (exact) mass is 500 g/mol. The van der Waals surface area contributed by atoms with Gasteiger partial charge in [-0.25, -0.2) is 9.18 Å². The summed E-state index contributed by atoms with van der Waals surface area (Å²) in [5.74, 6) is -0.694. The van der Waals surface area contributed by atoms with Crippen LogP contribution in [0.5, 0.6) is 0 Å². The van der Waals surface area contributed by atoms with Crippen LogP contribution < -0.4 is 10.2 Å². The first kappa shape index (κ1) is 23.7. The molecule has 1 aliphatic heterocycles. The molecule has 3 heterocycles. The lowest BCUT2D eigenvalue weighted by atomic mass is 9.96. The van der Waals surface area contributed by atoms with Gasteiger partial charge in [-0.15, -0.1) is 0 Å². The Balaban J connectivity index is 1.66. The van der Waals surface area contributed by atoms with Crippen LogP contribution >= 0.6 is 12.2 Å². The second-order valence-electron chi connectivity index (χ2n) is 8.68. The average Bonchev–Trinajstić information content (AvgIpc) is 3.39. The molecule has 0 saturated carbocycles. The van der Waals surface area contributed by atoms with Crippen LogP contribution in [0.2, 0.25) is 0 Å². The normalized spacial score (nSPS) is 17.2. The summed E-state index contributed by atoms with van der Waals surface area (Å²) in [4.78, 5) is 18.8. The number of nitrogens with one attached hydrogen (secondary N) is 1. The number of aryl methyl sites for hydroxylation is 1. The molecule has 0 spiro atoms. The van der Waals surface area contributed by atoms with Crippen molar-refractivity contribution in [2.45, 2.75) is 25.9 Å². The van der Waals surface area contributed by atoms with E-state index < -0.39 is 0 Å². The van der Waals surface area contributed by atoms with Gasteiger partial charge in [-0.2, -0.15) is 0 Å². The summed E-state index contributed by atoms with van der Waals surface area (Å²) in [6.45, 7) is 4.08. The quantitative estimate of drug-likeness (QED) is 0.285. The van der Waals surface area contributed by atoms with E-state index in [-0.39, 0.29) is 23.9 Å². The third-order valence-electron chi connectivity index (χ3n) is 6.52. The Hall–Kier alpha value is -4.04. The van der Waals surface area contributed by atoms with E-state index in [2.05, 4.69) is 20.9 Å². The smallest absolute Gasteiger partial charge is 0.337 e. The number of aromatic nitrogens is 2. The van der Waals surface area contributed by atoms with Gasteiger partial charge in [-0.3, -0.25) is 4.98 Å². The third kappa shape index (κ3) is 4.13. The van der Waals surface area contributed by atoms with Gasteiger partial charge in [0.05, 0.1) is 30.5 Å². The first-order valence-electron chi connectivity index (χ1n) is 11.5. The molecule has 0 amide bonds. The number of hydrogen-bond acceptors (Lipinski definition) is 4. The second-order valence-corrected chi connectivity index (χ2v) is 9.06. The SMILES string of the molecule is COC(=O)c1cccc(-n2c(C)cc(C3C(c4ccccn4)NC(=S)N3c3ccc(F)cc3)c2C)c1. The van der Waals surface area contributed by atoms with Crippen LogP contribution in [0.25, 0.3) is 5.69 Å². The maximum absolute atomic E-state index is 13.7. The van der Waals surface area contributed by atoms with E-state index in [4.69, 9.17) is 17.0 Å². The molecule has 6 nitrogen and oxygen atoms in total. The fourth-order valence-corrected chi connectivity index (χ4v) is 5.27. The molecule has 1 fully saturated rings. The Morgan fingerprint density at radius 2 is 1.81 bits per heavy atom. The maximum atomic E-state index is 13.7. The number of halogens is 1. The van der Waals surface area contributed by atoms with Crippen LogP contribution in [0.3, 0.4) is 0 Å². The molecular weight excluding hydrogens is 475 g/mol. The lowest BCUT2D eigenvalue weighted by molar-refractivity contribution is 0.0600. The molecule has 36 heavy (non-hydrogen) atoms. The number of methoxy groups -OCH3 is 1. The Bertz CT molecular complexity index is 1440. The topological polar surface area (TPSA) is 59.4 Å². The number of rotatable bonds is 5. The fourth-order valence-electron chi connectivity index (χ4n) is 4.92. The van der Waals surface area contributed by atoms with E-state index in [9.17, 15) is 9.18 Å². The lowest BCUT2D eigenvalue weighted by Gasteiger charge is -2.28. The minimum absolute atomic E-state index is 0.223. The fraction of sp³-hybridized carbons (Fsp3) is 0.179. The molecule has 182 valence electrons. The number of carbonyl (C=O) groups is 1. The highest BCUT2D eigenvalue weighted by Crippen LogP contribution is 2.43. The molecule has 4 aromatic rings. The van der Waals surface area contributed by atoms with Crippen LogP contribution in [-0.4, -0.2) is 27.7 Å². The number of nitrogens with zero attached hydrogens (tertiary/aromatic N) is 3. The number of esters is 1. The summed E-state index contributed by atoms with van der Waals surface area (Å²) in [6, 6.07) is 21.2. The Morgan fingerprint density at radius 3 is 2.50 bits per heavy atom. The molecule has 2 aromatic carbocycles. The first-order chi connectivity index (χ1) is 17.4. The van der Waals surface area contributed by atoms with E-state index >= 15 is 0 Å². The van der Waals surface area contributed by atoms with Gasteiger partial charge < -0.3 is 19.5 Å². The van der Waals surface area contributed by atoms with Gasteiger partial charge in [0, 0.05) is 29.0 Å². The molecule has 2 aromatic heterocycles. The highest BCUT2D eigenvalue weighted by molar-refractivity contribution is 7.80. The average molecular weight is 501 g/mol. The Kier molecular flexibility index (Phi) is 6.28. The lowest BCUT2D eigenvalue weighted by Crippen LogP contribution is -2.29. The molecule has 0 aliphatic carbocycles. The summed E-state index contributed by atoms with van der Waals surface area (Å²) in [7, 11) is 1.37. The molecule has 5 rings (SSSR count). The zero-order valence-corrected chi connectivity index (χ0v) is 20.9. The van der Waals surface area contributed by atoms with Gasteiger partial charge in [-0.05, 0) is 92.3 Å². The molecule has 0 bridgehead atoms. The summed E-state index contributed by atoms with van der Waals surface area (Å²) in [5.41, 5.74) is 6.02. The molecule has 0 radical (unpaired) electrons. The number of carbonyl (C=O) groups excluding carboxylic acids is 1. The largest absolute Gasteiger partial charge is 0.465 e. The Labute approximate surface area is 214 Å². The van der Waals surface area contributed by atoms with Crippen LogP contribution in [0, 0.1) is 19.7 Å². The summed E-state index contributed by atoms with van der Waals surface area (Å²) in [6.07, 6.45) is 1.76. The van der Waals surface area contributed by atoms with Gasteiger partial charge in [0.2, 0.25) is 0 Å². The summed E-state index contributed by atoms with van der Waals surface area (Å²) >= 11 is 5.78. The summed E-state index contributed by atoms with van der Waals surface area (Å²) in [5, 5.41) is 3.98. The van der Waals surface area contributed by atoms with Crippen LogP contribution in [0.1, 0.15) is 45.1 Å². The van der Waals surface area contributed by atoms with Crippen molar-refractivity contribution in [3.05, 3.63) is 113 Å². The van der Waals surface area contributed by atoms with Crippen molar-refractivity contribution in [1.29, 1.82) is 0 Å². The van der Waals surface area contributed by atoms with Crippen molar-refractivity contribution >= 4 is 29.0 Å². The molecule has 2 atom stereocenters. The standard InChI is InChI=1S/C28H25FN4O2S/c1-17-15-23(18(2)32(17)22-8-6-7-19(16-22)27(34)35-3)26-25(24-9-4-5-14-30-24)31-28(36)33(26)21-12-10-20(29)11-13-21/h4-16,25-26H,1-3H3,(H,31,36). The number of pyridine rings is 1. The Morgan fingerprint density at radius 1 is 1.03 bits per heavy atom. The van der Waals surface area contributed by atoms with Crippen molar-refractivity contribution in [3.63, 3.8) is 0 Å². The van der Waals surface area contributed by atoms with E-state index in [1.807, 2.05) is 55.1 Å². The third-order valence-corrected chi connectivity index (χ3v) is 6.83. The highest BCUT2D eigenvalue weighted by atomic mass is 32.1. The molecule has 1 N–H and O–H groups in total. The van der Waals surface area contributed by atoms with E-state index in [0.717, 1.165) is 34.0 Å². The number of thiocarbonyl (C=S) groups is 1. The van der Waals surface area contributed by atoms with Gasteiger partial charge in [0.15, 0.2) is 5.11 Å². The van der Waals surface area contributed by atoms with Gasteiger partial charge in [0.1, 0.15) is 5.82 Å². The number of benzene rings is 2. The predicted molar refractivity (Wildman–Crippen MR) is 141 cm³/mol. The van der Waals surface area contributed by atoms with E-state index in [0.29, 0.717) is 10.7 Å². The molecule has 8 heteroatoms. The van der Waals surface area contributed by atoms with Crippen molar-refractivity contribution in [1.82, 2.24) is 14.9 Å². The van der Waals surface area contributed by atoms with E-state index in [1.165, 1.54) is 19.2 Å². The van der Waals surface area contributed by atoms with Crippen molar-refractivity contribution in [2.75, 3.05) is 12.0 Å². The highest BCUT2D eigenvalue weighted by Gasteiger charge is 2.42. The number of hydrogen-bond donors (Lipinski definition) is 1.